The fourth-order valence-electron chi connectivity index (χ4n) is 2.07. The van der Waals surface area contributed by atoms with Gasteiger partial charge in [0.25, 0.3) is 10.0 Å². The lowest BCUT2D eigenvalue weighted by Crippen LogP contribution is -2.51. The van der Waals surface area contributed by atoms with Crippen molar-refractivity contribution in [3.63, 3.8) is 0 Å². The van der Waals surface area contributed by atoms with Crippen molar-refractivity contribution in [1.29, 1.82) is 5.41 Å². The molecule has 2 rings (SSSR count). The van der Waals surface area contributed by atoms with E-state index in [4.69, 9.17) is 17.0 Å². The first-order valence-electron chi connectivity index (χ1n) is 7.36. The molecule has 0 fully saturated rings. The zero-order chi connectivity index (χ0) is 19.5. The molecule has 0 atom stereocenters. The Morgan fingerprint density at radius 2 is 1.77 bits per heavy atom. The van der Waals surface area contributed by atoms with Crippen molar-refractivity contribution in [2.45, 2.75) is 25.7 Å². The number of halogens is 1. The molecule has 138 valence electrons. The molecule has 1 aromatic carbocycles. The second-order valence-corrected chi connectivity index (χ2v) is 7.48. The molecule has 0 spiro atoms. The van der Waals surface area contributed by atoms with Crippen LogP contribution in [0, 0.1) is 19.3 Å². The van der Waals surface area contributed by atoms with Crippen LogP contribution < -0.4 is 10.7 Å². The summed E-state index contributed by atoms with van der Waals surface area (Å²) in [6.45, 7) is 4.58. The highest BCUT2D eigenvalue weighted by atomic mass is 35.5. The molecule has 26 heavy (non-hydrogen) atoms. The van der Waals surface area contributed by atoms with E-state index in [2.05, 4.69) is 20.7 Å². The Balaban J connectivity index is 2.42. The van der Waals surface area contributed by atoms with E-state index in [1.807, 2.05) is 0 Å². The molecule has 0 radical (unpaired) electrons. The number of guanidine groups is 1. The molecule has 1 amide bonds. The number of amides is 1. The van der Waals surface area contributed by atoms with Gasteiger partial charge in [0, 0.05) is 18.3 Å². The van der Waals surface area contributed by atoms with Gasteiger partial charge in [0.05, 0.1) is 5.02 Å². The number of aromatic nitrogens is 2. The predicted octanol–water partition coefficient (Wildman–Crippen LogP) is 1.84. The summed E-state index contributed by atoms with van der Waals surface area (Å²) in [5.41, 5.74) is 3.36. The van der Waals surface area contributed by atoms with Gasteiger partial charge >= 0.3 is 0 Å². The first-order chi connectivity index (χ1) is 12.1. The highest BCUT2D eigenvalue weighted by molar-refractivity contribution is 7.89. The van der Waals surface area contributed by atoms with E-state index in [-0.39, 0.29) is 15.9 Å². The molecule has 9 nitrogen and oxygen atoms in total. The summed E-state index contributed by atoms with van der Waals surface area (Å²) in [5, 5.41) is 10.5. The number of hydrogen-bond donors (Lipinski definition) is 3. The number of nitrogens with one attached hydrogen (secondary N) is 3. The van der Waals surface area contributed by atoms with Gasteiger partial charge in [-0.25, -0.2) is 9.97 Å². The largest absolute Gasteiger partial charge is 0.292 e. The predicted molar refractivity (Wildman–Crippen MR) is 97.1 cm³/mol. The van der Waals surface area contributed by atoms with E-state index >= 15 is 0 Å². The maximum absolute atomic E-state index is 12.9. The highest BCUT2D eigenvalue weighted by Crippen LogP contribution is 2.23. The van der Waals surface area contributed by atoms with Crippen LogP contribution in [0.5, 0.6) is 0 Å². The maximum Gasteiger partial charge on any atom is 0.286 e. The molecule has 1 aromatic heterocycles. The molecule has 0 bridgehead atoms. The Labute approximate surface area is 155 Å². The van der Waals surface area contributed by atoms with Crippen LogP contribution in [0.1, 0.15) is 18.3 Å². The van der Waals surface area contributed by atoms with Crippen LogP contribution in [0.2, 0.25) is 5.02 Å². The normalized spacial score (nSPS) is 10.9. The zero-order valence-corrected chi connectivity index (χ0v) is 15.8. The van der Waals surface area contributed by atoms with Crippen molar-refractivity contribution < 1.29 is 13.2 Å². The lowest BCUT2D eigenvalue weighted by Gasteiger charge is -2.24. The minimum atomic E-state index is -4.34. The van der Waals surface area contributed by atoms with Crippen LogP contribution in [0.15, 0.2) is 35.2 Å². The fraction of sp³-hybridized carbons (Fsp3) is 0.200. The van der Waals surface area contributed by atoms with Gasteiger partial charge in [-0.3, -0.25) is 20.9 Å². The van der Waals surface area contributed by atoms with E-state index in [0.717, 1.165) is 6.92 Å². The van der Waals surface area contributed by atoms with Crippen molar-refractivity contribution in [3.05, 3.63) is 46.7 Å². The minimum Gasteiger partial charge on any atom is -0.292 e. The van der Waals surface area contributed by atoms with E-state index in [9.17, 15) is 13.2 Å². The third-order valence-electron chi connectivity index (χ3n) is 3.03. The molecule has 1 heterocycles. The fourth-order valence-corrected chi connectivity index (χ4v) is 3.79. The number of rotatable bonds is 3. The van der Waals surface area contributed by atoms with Crippen LogP contribution in [-0.2, 0) is 14.8 Å². The highest BCUT2D eigenvalue weighted by Gasteiger charge is 2.30. The standard InChI is InChI=1S/C15H17ClN6O3S/c1-9-8-10(2)19-15(18-9)20-14(17)22(21-11(3)23)26(24,25)13-7-5-4-6-12(13)16/h4-8H,1-3H3,(H,21,23)(H2,17,18,19,20). The average Bonchev–Trinajstić information content (AvgIpc) is 2.51. The van der Waals surface area contributed by atoms with Crippen molar-refractivity contribution in [3.8, 4) is 0 Å². The van der Waals surface area contributed by atoms with Crippen LogP contribution in [0.25, 0.3) is 0 Å². The van der Waals surface area contributed by atoms with Crippen LogP contribution in [-0.4, -0.2) is 34.7 Å². The Hall–Kier alpha value is -2.72. The lowest BCUT2D eigenvalue weighted by atomic mass is 10.4. The van der Waals surface area contributed by atoms with E-state index in [0.29, 0.717) is 15.8 Å². The summed E-state index contributed by atoms with van der Waals surface area (Å²) in [6, 6.07) is 7.43. The molecular weight excluding hydrogens is 380 g/mol. The minimum absolute atomic E-state index is 0.0252. The number of hydrazine groups is 1. The number of anilines is 1. The topological polar surface area (TPSA) is 128 Å². The van der Waals surface area contributed by atoms with Crippen molar-refractivity contribution in [2.24, 2.45) is 0 Å². The van der Waals surface area contributed by atoms with E-state index < -0.39 is 21.9 Å². The van der Waals surface area contributed by atoms with Crippen molar-refractivity contribution >= 4 is 39.4 Å². The number of hydrogen-bond acceptors (Lipinski definition) is 6. The number of carbonyl (C=O) groups is 1. The number of carbonyl (C=O) groups excluding carboxylic acids is 1. The third kappa shape index (κ3) is 4.46. The van der Waals surface area contributed by atoms with Gasteiger partial charge in [0.15, 0.2) is 0 Å². The zero-order valence-electron chi connectivity index (χ0n) is 14.2. The first kappa shape index (κ1) is 19.6. The molecule has 2 aromatic rings. The lowest BCUT2D eigenvalue weighted by molar-refractivity contribution is -0.120. The molecule has 0 unspecified atom stereocenters. The first-order valence-corrected chi connectivity index (χ1v) is 9.18. The quantitative estimate of drug-likeness (QED) is 0.412. The summed E-state index contributed by atoms with van der Waals surface area (Å²) in [4.78, 5) is 19.4. The summed E-state index contributed by atoms with van der Waals surface area (Å²) < 4.78 is 26.1. The Morgan fingerprint density at radius 1 is 1.19 bits per heavy atom. The SMILES string of the molecule is CC(=O)NN(C(=N)Nc1nc(C)cc(C)n1)S(=O)(=O)c1ccccc1Cl. The molecule has 0 aliphatic carbocycles. The molecule has 11 heteroatoms. The molecule has 0 aliphatic heterocycles. The van der Waals surface area contributed by atoms with Gasteiger partial charge < -0.3 is 0 Å². The average molecular weight is 397 g/mol. The van der Waals surface area contributed by atoms with E-state index in [1.165, 1.54) is 18.2 Å². The second kappa shape index (κ2) is 7.67. The number of sulfonamides is 1. The monoisotopic (exact) mass is 396 g/mol. The van der Waals surface area contributed by atoms with Gasteiger partial charge in [-0.15, -0.1) is 4.41 Å². The number of aryl methyl sites for hydroxylation is 2. The van der Waals surface area contributed by atoms with Gasteiger partial charge in [0.1, 0.15) is 4.90 Å². The Morgan fingerprint density at radius 3 is 2.31 bits per heavy atom. The Bertz CT molecular complexity index is 943. The maximum atomic E-state index is 12.9. The van der Waals surface area contributed by atoms with Crippen molar-refractivity contribution in [2.75, 3.05) is 5.32 Å². The van der Waals surface area contributed by atoms with Crippen LogP contribution in [0.4, 0.5) is 5.95 Å². The second-order valence-electron chi connectivity index (χ2n) is 5.32. The molecule has 0 saturated carbocycles. The van der Waals surface area contributed by atoms with Gasteiger partial charge in [-0.05, 0) is 32.0 Å². The molecule has 0 aliphatic rings. The third-order valence-corrected chi connectivity index (χ3v) is 5.14. The Kier molecular flexibility index (Phi) is 5.78. The summed E-state index contributed by atoms with van der Waals surface area (Å²) in [7, 11) is -4.34. The van der Waals surface area contributed by atoms with Crippen LogP contribution in [0.3, 0.4) is 0 Å². The number of nitrogens with zero attached hydrogens (tertiary/aromatic N) is 3. The van der Waals surface area contributed by atoms with Gasteiger partial charge in [-0.1, -0.05) is 23.7 Å². The smallest absolute Gasteiger partial charge is 0.286 e. The van der Waals surface area contributed by atoms with Gasteiger partial charge in [-0.2, -0.15) is 8.42 Å². The summed E-state index contributed by atoms with van der Waals surface area (Å²) in [6.07, 6.45) is 0. The van der Waals surface area contributed by atoms with Gasteiger partial charge in [0.2, 0.25) is 17.8 Å². The van der Waals surface area contributed by atoms with Crippen molar-refractivity contribution in [1.82, 2.24) is 19.8 Å². The molecule has 0 saturated heterocycles. The van der Waals surface area contributed by atoms with E-state index in [1.54, 1.807) is 26.0 Å². The summed E-state index contributed by atoms with van der Waals surface area (Å²) >= 11 is 5.96. The summed E-state index contributed by atoms with van der Waals surface area (Å²) in [5.74, 6) is -1.32. The number of benzene rings is 1. The molecule has 3 N–H and O–H groups in total. The van der Waals surface area contributed by atoms with Crippen LogP contribution >= 0.6 is 11.6 Å². The molecular formula is C15H17ClN6O3S.